The maximum absolute atomic E-state index is 12.3. The Balaban J connectivity index is 1.65. The second-order valence-electron chi connectivity index (χ2n) is 5.72. The minimum atomic E-state index is -0.832. The molecule has 1 heterocycles. The summed E-state index contributed by atoms with van der Waals surface area (Å²) < 4.78 is 0. The maximum atomic E-state index is 12.3. The summed E-state index contributed by atoms with van der Waals surface area (Å²) in [5.74, 6) is 0.800. The molecule has 3 fully saturated rings. The second kappa shape index (κ2) is 4.00. The molecule has 3 aliphatic rings. The number of nitrogens with zero attached hydrogens (tertiary/aromatic N) is 1. The van der Waals surface area contributed by atoms with Crippen molar-refractivity contribution >= 4 is 11.9 Å². The molecular weight excluding hydrogens is 218 g/mol. The third kappa shape index (κ3) is 2.05. The van der Waals surface area contributed by atoms with Crippen molar-refractivity contribution in [2.75, 3.05) is 6.54 Å². The number of hydrogen-bond donors (Lipinski definition) is 1. The van der Waals surface area contributed by atoms with Gasteiger partial charge in [-0.1, -0.05) is 0 Å². The van der Waals surface area contributed by atoms with Gasteiger partial charge in [-0.05, 0) is 50.4 Å². The Morgan fingerprint density at radius 2 is 1.88 bits per heavy atom. The van der Waals surface area contributed by atoms with Crippen LogP contribution in [-0.2, 0) is 9.59 Å². The number of aliphatic carboxylic acids is 1. The Labute approximate surface area is 101 Å². The lowest BCUT2D eigenvalue weighted by Crippen LogP contribution is -2.48. The van der Waals surface area contributed by atoms with Gasteiger partial charge >= 0.3 is 5.97 Å². The molecule has 2 aliphatic carbocycles. The molecule has 0 bridgehead atoms. The standard InChI is InChI=1S/C13H19NO3/c15-12(10-7-9(10)8-4-5-8)14-6-2-1-3-11(14)13(16)17/h8-11H,1-7H2,(H,16,17)/t9-,10+,11-/m0/s1. The average molecular weight is 237 g/mol. The zero-order valence-corrected chi connectivity index (χ0v) is 9.97. The molecule has 1 saturated heterocycles. The first-order valence-corrected chi connectivity index (χ1v) is 6.72. The molecule has 1 aliphatic heterocycles. The minimum Gasteiger partial charge on any atom is -0.480 e. The molecule has 94 valence electrons. The van der Waals surface area contributed by atoms with Crippen molar-refractivity contribution in [1.29, 1.82) is 0 Å². The van der Waals surface area contributed by atoms with Gasteiger partial charge in [-0.2, -0.15) is 0 Å². The van der Waals surface area contributed by atoms with Crippen LogP contribution in [0.4, 0.5) is 0 Å². The lowest BCUT2D eigenvalue weighted by molar-refractivity contribution is -0.152. The van der Waals surface area contributed by atoms with Gasteiger partial charge in [0, 0.05) is 12.5 Å². The third-order valence-electron chi connectivity index (χ3n) is 4.46. The predicted molar refractivity (Wildman–Crippen MR) is 61.3 cm³/mol. The van der Waals surface area contributed by atoms with Gasteiger partial charge < -0.3 is 10.0 Å². The van der Waals surface area contributed by atoms with Crippen molar-refractivity contribution in [3.8, 4) is 0 Å². The number of amides is 1. The number of carbonyl (C=O) groups is 2. The largest absolute Gasteiger partial charge is 0.480 e. The fraction of sp³-hybridized carbons (Fsp3) is 0.846. The third-order valence-corrected chi connectivity index (χ3v) is 4.46. The van der Waals surface area contributed by atoms with E-state index in [1.165, 1.54) is 12.8 Å². The SMILES string of the molecule is O=C(O)[C@@H]1CCCCN1C(=O)[C@@H]1C[C@H]1C1CC1. The van der Waals surface area contributed by atoms with Gasteiger partial charge in [0.25, 0.3) is 0 Å². The summed E-state index contributed by atoms with van der Waals surface area (Å²) in [7, 11) is 0. The molecule has 0 unspecified atom stereocenters. The van der Waals surface area contributed by atoms with E-state index in [0.717, 1.165) is 25.2 Å². The van der Waals surface area contributed by atoms with E-state index < -0.39 is 12.0 Å². The molecule has 4 nitrogen and oxygen atoms in total. The Kier molecular flexibility index (Phi) is 2.60. The number of likely N-dealkylation sites (tertiary alicyclic amines) is 1. The molecule has 0 spiro atoms. The van der Waals surface area contributed by atoms with E-state index in [0.29, 0.717) is 18.9 Å². The second-order valence-corrected chi connectivity index (χ2v) is 5.72. The number of hydrogen-bond acceptors (Lipinski definition) is 2. The van der Waals surface area contributed by atoms with Gasteiger partial charge in [0.05, 0.1) is 0 Å². The molecule has 3 rings (SSSR count). The highest BCUT2D eigenvalue weighted by molar-refractivity contribution is 5.87. The molecule has 1 N–H and O–H groups in total. The minimum absolute atomic E-state index is 0.119. The van der Waals surface area contributed by atoms with E-state index >= 15 is 0 Å². The monoisotopic (exact) mass is 237 g/mol. The zero-order chi connectivity index (χ0) is 12.0. The first kappa shape index (κ1) is 11.1. The fourth-order valence-corrected chi connectivity index (χ4v) is 3.21. The van der Waals surface area contributed by atoms with Crippen LogP contribution >= 0.6 is 0 Å². The van der Waals surface area contributed by atoms with E-state index in [9.17, 15) is 9.59 Å². The van der Waals surface area contributed by atoms with Crippen LogP contribution in [0.1, 0.15) is 38.5 Å². The van der Waals surface area contributed by atoms with Crippen molar-refractivity contribution in [2.24, 2.45) is 17.8 Å². The topological polar surface area (TPSA) is 57.6 Å². The highest BCUT2D eigenvalue weighted by Gasteiger charge is 2.53. The van der Waals surface area contributed by atoms with Crippen LogP contribution in [0.25, 0.3) is 0 Å². The molecule has 0 aromatic rings. The number of carboxylic acid groups (broad SMARTS) is 1. The Hall–Kier alpha value is -1.06. The number of rotatable bonds is 3. The molecular formula is C13H19NO3. The quantitative estimate of drug-likeness (QED) is 0.809. The van der Waals surface area contributed by atoms with Crippen molar-refractivity contribution in [2.45, 2.75) is 44.6 Å². The first-order valence-electron chi connectivity index (χ1n) is 6.72. The molecule has 2 saturated carbocycles. The zero-order valence-electron chi connectivity index (χ0n) is 9.97. The molecule has 0 aromatic heterocycles. The smallest absolute Gasteiger partial charge is 0.326 e. The van der Waals surface area contributed by atoms with E-state index in [2.05, 4.69) is 0 Å². The van der Waals surface area contributed by atoms with Crippen LogP contribution in [-0.4, -0.2) is 34.5 Å². The summed E-state index contributed by atoms with van der Waals surface area (Å²) in [6, 6.07) is -0.559. The molecule has 17 heavy (non-hydrogen) atoms. The van der Waals surface area contributed by atoms with E-state index in [1.54, 1.807) is 4.90 Å². The number of carbonyl (C=O) groups excluding carboxylic acids is 1. The number of piperidine rings is 1. The van der Waals surface area contributed by atoms with Crippen LogP contribution < -0.4 is 0 Å². The predicted octanol–water partition coefficient (Wildman–Crippen LogP) is 1.50. The van der Waals surface area contributed by atoms with E-state index in [4.69, 9.17) is 5.11 Å². The average Bonchev–Trinajstić information content (AvgIpc) is 3.15. The fourth-order valence-electron chi connectivity index (χ4n) is 3.21. The van der Waals surface area contributed by atoms with Crippen LogP contribution in [0.3, 0.4) is 0 Å². The maximum Gasteiger partial charge on any atom is 0.326 e. The lowest BCUT2D eigenvalue weighted by Gasteiger charge is -2.33. The lowest BCUT2D eigenvalue weighted by atomic mass is 10.0. The Morgan fingerprint density at radius 1 is 1.12 bits per heavy atom. The summed E-state index contributed by atoms with van der Waals surface area (Å²) in [4.78, 5) is 25.1. The molecule has 0 radical (unpaired) electrons. The Bertz CT molecular complexity index is 351. The van der Waals surface area contributed by atoms with Gasteiger partial charge in [0.1, 0.15) is 6.04 Å². The summed E-state index contributed by atoms with van der Waals surface area (Å²) in [6.07, 6.45) is 6.07. The van der Waals surface area contributed by atoms with Crippen molar-refractivity contribution in [3.05, 3.63) is 0 Å². The first-order chi connectivity index (χ1) is 8.18. The molecule has 0 aromatic carbocycles. The van der Waals surface area contributed by atoms with E-state index in [1.807, 2.05) is 0 Å². The summed E-state index contributed by atoms with van der Waals surface area (Å²) in [6.45, 7) is 0.643. The van der Waals surface area contributed by atoms with Crippen LogP contribution in [0.2, 0.25) is 0 Å². The van der Waals surface area contributed by atoms with Crippen molar-refractivity contribution < 1.29 is 14.7 Å². The van der Waals surface area contributed by atoms with Crippen molar-refractivity contribution in [1.82, 2.24) is 4.90 Å². The van der Waals surface area contributed by atoms with Gasteiger partial charge in [-0.15, -0.1) is 0 Å². The summed E-state index contributed by atoms with van der Waals surface area (Å²) in [5.41, 5.74) is 0. The van der Waals surface area contributed by atoms with Crippen LogP contribution in [0.5, 0.6) is 0 Å². The molecule has 3 atom stereocenters. The van der Waals surface area contributed by atoms with Gasteiger partial charge in [-0.25, -0.2) is 4.79 Å². The van der Waals surface area contributed by atoms with Crippen LogP contribution in [0.15, 0.2) is 0 Å². The van der Waals surface area contributed by atoms with Gasteiger partial charge in [-0.3, -0.25) is 4.79 Å². The summed E-state index contributed by atoms with van der Waals surface area (Å²) >= 11 is 0. The van der Waals surface area contributed by atoms with Crippen LogP contribution in [0, 0.1) is 17.8 Å². The normalized spacial score (nSPS) is 36.7. The highest BCUT2D eigenvalue weighted by Crippen LogP contribution is 2.55. The highest BCUT2D eigenvalue weighted by atomic mass is 16.4. The molecule has 4 heteroatoms. The van der Waals surface area contributed by atoms with Gasteiger partial charge in [0.2, 0.25) is 5.91 Å². The molecule has 1 amide bonds. The van der Waals surface area contributed by atoms with Gasteiger partial charge in [0.15, 0.2) is 0 Å². The van der Waals surface area contributed by atoms with E-state index in [-0.39, 0.29) is 11.8 Å². The van der Waals surface area contributed by atoms with Crippen molar-refractivity contribution in [3.63, 3.8) is 0 Å². The summed E-state index contributed by atoms with van der Waals surface area (Å²) in [5, 5.41) is 9.15. The number of carboxylic acids is 1. The Morgan fingerprint density at radius 3 is 2.53 bits per heavy atom.